The number of hydrogen-bond acceptors (Lipinski definition) is 5. The van der Waals surface area contributed by atoms with Crippen molar-refractivity contribution in [1.29, 1.82) is 0 Å². The van der Waals surface area contributed by atoms with Crippen LogP contribution in [0.5, 0.6) is 0 Å². The predicted molar refractivity (Wildman–Crippen MR) is 114 cm³/mol. The number of pyridine rings is 1. The third kappa shape index (κ3) is 3.31. The van der Waals surface area contributed by atoms with E-state index in [1.165, 1.54) is 4.88 Å². The minimum absolute atomic E-state index is 0.112. The topological polar surface area (TPSA) is 82.2 Å². The monoisotopic (exact) mass is 421 g/mol. The largest absolute Gasteiger partial charge is 0.336 e. The summed E-state index contributed by atoms with van der Waals surface area (Å²) in [4.78, 5) is 36.5. The second-order valence-corrected chi connectivity index (χ2v) is 9.42. The molecule has 2 fully saturated rings. The highest BCUT2D eigenvalue weighted by Crippen LogP contribution is 2.41. The molecule has 1 spiro atoms. The average Bonchev–Trinajstić information content (AvgIpc) is 3.54. The Morgan fingerprint density at radius 1 is 1.23 bits per heavy atom. The van der Waals surface area contributed by atoms with Crippen LogP contribution in [0.15, 0.2) is 42.6 Å². The molecule has 1 atom stereocenters. The summed E-state index contributed by atoms with van der Waals surface area (Å²) in [7, 11) is 0. The molecule has 1 unspecified atom stereocenters. The summed E-state index contributed by atoms with van der Waals surface area (Å²) in [6.45, 7) is 4.34. The molecule has 0 radical (unpaired) electrons. The van der Waals surface area contributed by atoms with Gasteiger partial charge in [-0.15, -0.1) is 11.3 Å². The van der Waals surface area contributed by atoms with Crippen LogP contribution in [0, 0.1) is 12.3 Å². The Morgan fingerprint density at radius 3 is 2.87 bits per heavy atom. The van der Waals surface area contributed by atoms with Crippen LogP contribution < -0.4 is 0 Å². The van der Waals surface area contributed by atoms with Crippen molar-refractivity contribution in [2.45, 2.75) is 26.3 Å². The lowest BCUT2D eigenvalue weighted by molar-refractivity contribution is -0.135. The zero-order valence-corrected chi connectivity index (χ0v) is 17.6. The molecule has 2 aliphatic heterocycles. The van der Waals surface area contributed by atoms with Gasteiger partial charge in [-0.25, -0.2) is 0 Å². The number of likely N-dealkylation sites (tertiary alicyclic amines) is 2. The minimum atomic E-state index is -0.464. The number of nitrogens with one attached hydrogen (secondary N) is 1. The number of thiophene rings is 1. The van der Waals surface area contributed by atoms with Gasteiger partial charge in [0, 0.05) is 30.7 Å². The maximum absolute atomic E-state index is 13.2. The number of H-pyrrole nitrogens is 1. The van der Waals surface area contributed by atoms with E-state index in [0.717, 1.165) is 22.7 Å². The van der Waals surface area contributed by atoms with Crippen LogP contribution >= 0.6 is 11.3 Å². The van der Waals surface area contributed by atoms with Crippen LogP contribution in [0.2, 0.25) is 0 Å². The fourth-order valence-corrected chi connectivity index (χ4v) is 5.29. The minimum Gasteiger partial charge on any atom is -0.336 e. The number of rotatable bonds is 4. The van der Waals surface area contributed by atoms with Crippen molar-refractivity contribution >= 4 is 23.2 Å². The molecule has 0 bridgehead atoms. The van der Waals surface area contributed by atoms with E-state index in [9.17, 15) is 9.59 Å². The van der Waals surface area contributed by atoms with E-state index in [0.29, 0.717) is 38.3 Å². The second-order valence-electron chi connectivity index (χ2n) is 8.13. The fourth-order valence-electron chi connectivity index (χ4n) is 4.45. The number of aryl methyl sites for hydroxylation is 1. The van der Waals surface area contributed by atoms with Crippen LogP contribution in [0.1, 0.15) is 33.9 Å². The molecule has 1 N–H and O–H groups in total. The quantitative estimate of drug-likeness (QED) is 0.702. The molecule has 30 heavy (non-hydrogen) atoms. The lowest BCUT2D eigenvalue weighted by atomic mass is 9.85. The second kappa shape index (κ2) is 7.36. The zero-order chi connectivity index (χ0) is 20.7. The predicted octanol–water partition coefficient (Wildman–Crippen LogP) is 3.11. The summed E-state index contributed by atoms with van der Waals surface area (Å²) in [6, 6.07) is 11.6. The van der Waals surface area contributed by atoms with E-state index in [1.807, 2.05) is 35.2 Å². The SMILES string of the molecule is Cc1ccc(-c2cc(C(=O)N3CCC4(CCN(Cc5ccccn5)C4=O)C3)n[nH]2)s1. The fraction of sp³-hybridized carbons (Fsp3) is 0.364. The Kier molecular flexibility index (Phi) is 4.66. The number of aromatic nitrogens is 3. The van der Waals surface area contributed by atoms with Crippen molar-refractivity contribution in [1.82, 2.24) is 25.0 Å². The molecule has 2 aliphatic rings. The van der Waals surface area contributed by atoms with Gasteiger partial charge in [-0.2, -0.15) is 5.10 Å². The molecule has 3 aromatic heterocycles. The highest BCUT2D eigenvalue weighted by molar-refractivity contribution is 7.15. The molecule has 0 saturated carbocycles. The first kappa shape index (κ1) is 19.0. The van der Waals surface area contributed by atoms with Crippen molar-refractivity contribution in [2.75, 3.05) is 19.6 Å². The van der Waals surface area contributed by atoms with Gasteiger partial charge in [0.1, 0.15) is 0 Å². The Labute approximate surface area is 178 Å². The first-order valence-corrected chi connectivity index (χ1v) is 11.0. The maximum Gasteiger partial charge on any atom is 0.274 e. The molecule has 7 nitrogen and oxygen atoms in total. The molecule has 3 aromatic rings. The number of hydrogen-bond donors (Lipinski definition) is 1. The molecular formula is C22H23N5O2S. The molecule has 154 valence electrons. The molecule has 2 saturated heterocycles. The van der Waals surface area contributed by atoms with E-state index < -0.39 is 5.41 Å². The Morgan fingerprint density at radius 2 is 2.10 bits per heavy atom. The van der Waals surface area contributed by atoms with E-state index in [-0.39, 0.29) is 11.8 Å². The zero-order valence-electron chi connectivity index (χ0n) is 16.8. The number of aromatic amines is 1. The maximum atomic E-state index is 13.2. The van der Waals surface area contributed by atoms with E-state index in [4.69, 9.17) is 0 Å². The van der Waals surface area contributed by atoms with Gasteiger partial charge in [-0.1, -0.05) is 6.07 Å². The number of nitrogens with zero attached hydrogens (tertiary/aromatic N) is 4. The third-order valence-corrected chi connectivity index (χ3v) is 7.16. The molecule has 0 aromatic carbocycles. The van der Waals surface area contributed by atoms with Crippen molar-refractivity contribution in [2.24, 2.45) is 5.41 Å². The Balaban J connectivity index is 1.27. The summed E-state index contributed by atoms with van der Waals surface area (Å²) in [5.74, 6) is 0.0267. The molecule has 5 rings (SSSR count). The van der Waals surface area contributed by atoms with Gasteiger partial charge in [0.25, 0.3) is 5.91 Å². The molecule has 0 aliphatic carbocycles. The van der Waals surface area contributed by atoms with Crippen LogP contribution in [0.3, 0.4) is 0 Å². The normalized spacial score (nSPS) is 21.2. The summed E-state index contributed by atoms with van der Waals surface area (Å²) < 4.78 is 0. The van der Waals surface area contributed by atoms with Gasteiger partial charge < -0.3 is 9.80 Å². The summed E-state index contributed by atoms with van der Waals surface area (Å²) in [5.41, 5.74) is 1.68. The van der Waals surface area contributed by atoms with Crippen LogP contribution in [-0.2, 0) is 11.3 Å². The first-order valence-electron chi connectivity index (χ1n) is 10.1. The van der Waals surface area contributed by atoms with Gasteiger partial charge in [-0.05, 0) is 50.1 Å². The van der Waals surface area contributed by atoms with Gasteiger partial charge in [-0.3, -0.25) is 19.7 Å². The van der Waals surface area contributed by atoms with Crippen molar-refractivity contribution in [3.8, 4) is 10.6 Å². The lowest BCUT2D eigenvalue weighted by Crippen LogP contribution is -2.38. The van der Waals surface area contributed by atoms with Crippen LogP contribution in [0.25, 0.3) is 10.6 Å². The van der Waals surface area contributed by atoms with Gasteiger partial charge in [0.2, 0.25) is 5.91 Å². The van der Waals surface area contributed by atoms with Crippen molar-refractivity contribution in [3.05, 3.63) is 58.9 Å². The van der Waals surface area contributed by atoms with E-state index in [1.54, 1.807) is 22.4 Å². The standard InChI is InChI=1S/C22H23N5O2S/c1-15-5-6-19(30-15)17-12-18(25-24-17)20(28)27-11-8-22(14-27)7-10-26(21(22)29)13-16-4-2-3-9-23-16/h2-6,9,12H,7-8,10-11,13-14H2,1H3,(H,24,25). The lowest BCUT2D eigenvalue weighted by Gasteiger charge is -2.23. The smallest absolute Gasteiger partial charge is 0.274 e. The van der Waals surface area contributed by atoms with Gasteiger partial charge >= 0.3 is 0 Å². The van der Waals surface area contributed by atoms with Crippen LogP contribution in [-0.4, -0.2) is 56.4 Å². The van der Waals surface area contributed by atoms with Gasteiger partial charge in [0.15, 0.2) is 5.69 Å². The Hall–Kier alpha value is -3.00. The average molecular weight is 422 g/mol. The van der Waals surface area contributed by atoms with Crippen molar-refractivity contribution < 1.29 is 9.59 Å². The number of carbonyl (C=O) groups excluding carboxylic acids is 2. The number of carbonyl (C=O) groups is 2. The molecule has 5 heterocycles. The van der Waals surface area contributed by atoms with E-state index in [2.05, 4.69) is 28.2 Å². The Bertz CT molecular complexity index is 1090. The summed E-state index contributed by atoms with van der Waals surface area (Å²) in [5, 5.41) is 7.21. The highest BCUT2D eigenvalue weighted by Gasteiger charge is 2.51. The molecule has 2 amide bonds. The van der Waals surface area contributed by atoms with Crippen molar-refractivity contribution in [3.63, 3.8) is 0 Å². The highest BCUT2D eigenvalue weighted by atomic mass is 32.1. The molecule has 8 heteroatoms. The van der Waals surface area contributed by atoms with Crippen LogP contribution in [0.4, 0.5) is 0 Å². The third-order valence-electron chi connectivity index (χ3n) is 6.12. The van der Waals surface area contributed by atoms with Gasteiger partial charge in [0.05, 0.1) is 28.2 Å². The summed E-state index contributed by atoms with van der Waals surface area (Å²) in [6.07, 6.45) is 3.23. The first-order chi connectivity index (χ1) is 14.5. The number of amides is 2. The van der Waals surface area contributed by atoms with E-state index >= 15 is 0 Å². The molecular weight excluding hydrogens is 398 g/mol. The summed E-state index contributed by atoms with van der Waals surface area (Å²) >= 11 is 1.66.